The molecule has 0 spiro atoms. The SMILES string of the molecule is c1ccc(-c2ccc(N(c3cccc(-c4ccc5c(c4)c(-c4ccccc4)c(-c4ccccc4)c4ccccc45)c3)c3c(-c4ccccc4)cccc3-c3ccccc3)c(-c3ccccc3)c2)cc1. The molecule has 0 aliphatic heterocycles. The molecule has 0 amide bonds. The Bertz CT molecular complexity index is 3680. The number of hydrogen-bond donors (Lipinski definition) is 0. The van der Waals surface area contributed by atoms with E-state index in [1.165, 1.54) is 54.9 Å². The van der Waals surface area contributed by atoms with Crippen molar-refractivity contribution in [3.8, 4) is 77.9 Å². The lowest BCUT2D eigenvalue weighted by molar-refractivity contribution is 1.28. The molecule has 12 aromatic rings. The Kier molecular flexibility index (Phi) is 11.0. The zero-order valence-corrected chi connectivity index (χ0v) is 38.1. The van der Waals surface area contributed by atoms with Crippen LogP contribution in [0.15, 0.2) is 285 Å². The summed E-state index contributed by atoms with van der Waals surface area (Å²) in [5.74, 6) is 0. The summed E-state index contributed by atoms with van der Waals surface area (Å²) >= 11 is 0. The molecule has 69 heavy (non-hydrogen) atoms. The van der Waals surface area contributed by atoms with E-state index in [-0.39, 0.29) is 0 Å². The number of fused-ring (bicyclic) bond motifs is 3. The molecule has 0 bridgehead atoms. The van der Waals surface area contributed by atoms with E-state index in [1.807, 2.05) is 0 Å². The third-order valence-corrected chi connectivity index (χ3v) is 13.4. The minimum atomic E-state index is 1.06. The van der Waals surface area contributed by atoms with Crippen LogP contribution in [0.5, 0.6) is 0 Å². The maximum atomic E-state index is 2.52. The van der Waals surface area contributed by atoms with Crippen LogP contribution in [0.2, 0.25) is 0 Å². The van der Waals surface area contributed by atoms with E-state index < -0.39 is 0 Å². The second kappa shape index (κ2) is 18.3. The highest BCUT2D eigenvalue weighted by Gasteiger charge is 2.26. The first kappa shape index (κ1) is 41.4. The molecule has 0 aromatic heterocycles. The van der Waals surface area contributed by atoms with Gasteiger partial charge in [0, 0.05) is 22.4 Å². The van der Waals surface area contributed by atoms with Gasteiger partial charge >= 0.3 is 0 Å². The summed E-state index contributed by atoms with van der Waals surface area (Å²) < 4.78 is 0. The Labute approximate surface area is 404 Å². The second-order valence-electron chi connectivity index (χ2n) is 17.6. The summed E-state index contributed by atoms with van der Waals surface area (Å²) in [6, 6.07) is 104. The molecular formula is C68H47N. The van der Waals surface area contributed by atoms with Gasteiger partial charge < -0.3 is 4.90 Å². The monoisotopic (exact) mass is 877 g/mol. The van der Waals surface area contributed by atoms with E-state index in [0.29, 0.717) is 0 Å². The van der Waals surface area contributed by atoms with Crippen molar-refractivity contribution in [3.05, 3.63) is 285 Å². The third kappa shape index (κ3) is 7.86. The van der Waals surface area contributed by atoms with Crippen LogP contribution < -0.4 is 4.90 Å². The summed E-state index contributed by atoms with van der Waals surface area (Å²) in [6.45, 7) is 0. The van der Waals surface area contributed by atoms with Gasteiger partial charge in [-0.3, -0.25) is 0 Å². The number of anilines is 3. The van der Waals surface area contributed by atoms with Gasteiger partial charge in [0.05, 0.1) is 11.4 Å². The van der Waals surface area contributed by atoms with Crippen LogP contribution in [0.3, 0.4) is 0 Å². The fourth-order valence-corrected chi connectivity index (χ4v) is 10.3. The summed E-state index contributed by atoms with van der Waals surface area (Å²) in [7, 11) is 0. The molecule has 0 fully saturated rings. The van der Waals surface area contributed by atoms with E-state index >= 15 is 0 Å². The molecular weight excluding hydrogens is 831 g/mol. The zero-order chi connectivity index (χ0) is 45.9. The molecule has 0 unspecified atom stereocenters. The Morgan fingerprint density at radius 3 is 1.16 bits per heavy atom. The Hall–Kier alpha value is -9.04. The van der Waals surface area contributed by atoms with Crippen molar-refractivity contribution < 1.29 is 0 Å². The molecule has 0 aliphatic carbocycles. The van der Waals surface area contributed by atoms with Gasteiger partial charge in [0.25, 0.3) is 0 Å². The van der Waals surface area contributed by atoms with Crippen molar-refractivity contribution in [1.29, 1.82) is 0 Å². The lowest BCUT2D eigenvalue weighted by atomic mass is 9.84. The predicted octanol–water partition coefficient (Wildman–Crippen LogP) is 19.1. The van der Waals surface area contributed by atoms with Crippen molar-refractivity contribution in [2.24, 2.45) is 0 Å². The van der Waals surface area contributed by atoms with Crippen molar-refractivity contribution in [1.82, 2.24) is 0 Å². The van der Waals surface area contributed by atoms with Gasteiger partial charge in [0.2, 0.25) is 0 Å². The van der Waals surface area contributed by atoms with Crippen LogP contribution in [-0.2, 0) is 0 Å². The van der Waals surface area contributed by atoms with Crippen LogP contribution in [-0.4, -0.2) is 0 Å². The number of para-hydroxylation sites is 1. The number of benzene rings is 12. The van der Waals surface area contributed by atoms with E-state index in [9.17, 15) is 0 Å². The summed E-state index contributed by atoms with van der Waals surface area (Å²) in [5.41, 5.74) is 19.7. The van der Waals surface area contributed by atoms with E-state index in [0.717, 1.165) is 61.6 Å². The molecule has 0 saturated carbocycles. The summed E-state index contributed by atoms with van der Waals surface area (Å²) in [6.07, 6.45) is 0. The van der Waals surface area contributed by atoms with Crippen molar-refractivity contribution >= 4 is 38.6 Å². The van der Waals surface area contributed by atoms with Gasteiger partial charge in [-0.05, 0) is 113 Å². The molecule has 1 heteroatoms. The van der Waals surface area contributed by atoms with E-state index in [2.05, 4.69) is 290 Å². The highest BCUT2D eigenvalue weighted by molar-refractivity contribution is 6.22. The molecule has 0 heterocycles. The van der Waals surface area contributed by atoms with Crippen LogP contribution in [0.4, 0.5) is 17.1 Å². The van der Waals surface area contributed by atoms with Crippen LogP contribution >= 0.6 is 0 Å². The smallest absolute Gasteiger partial charge is 0.0618 e. The number of nitrogens with zero attached hydrogens (tertiary/aromatic N) is 1. The van der Waals surface area contributed by atoms with Gasteiger partial charge in [-0.15, -0.1) is 0 Å². The highest BCUT2D eigenvalue weighted by Crippen LogP contribution is 2.51. The predicted molar refractivity (Wildman–Crippen MR) is 294 cm³/mol. The Morgan fingerprint density at radius 2 is 0.594 bits per heavy atom. The van der Waals surface area contributed by atoms with Gasteiger partial charge in [-0.2, -0.15) is 0 Å². The largest absolute Gasteiger partial charge is 0.309 e. The molecule has 0 aliphatic rings. The standard InChI is InChI=1S/C68H47N/c1-7-23-48(24-8-1)55-42-44-65(63(46-55)51-29-13-4-14-30-51)69(68-58(49-25-9-2-10-26-49)39-22-40-59(68)50-27-11-3-12-28-50)57-36-21-35-54(45-57)56-41-43-61-60-37-19-20-38-62(60)66(52-31-15-5-16-32-52)67(64(61)47-56)53-33-17-6-18-34-53/h1-47H. The molecule has 12 aromatic carbocycles. The lowest BCUT2D eigenvalue weighted by Gasteiger charge is -2.32. The first-order valence-corrected chi connectivity index (χ1v) is 23.8. The molecule has 324 valence electrons. The number of hydrogen-bond acceptors (Lipinski definition) is 1. The van der Waals surface area contributed by atoms with Gasteiger partial charge in [0.15, 0.2) is 0 Å². The third-order valence-electron chi connectivity index (χ3n) is 13.4. The topological polar surface area (TPSA) is 3.24 Å². The van der Waals surface area contributed by atoms with Crippen molar-refractivity contribution in [2.45, 2.75) is 0 Å². The van der Waals surface area contributed by atoms with Crippen LogP contribution in [0, 0.1) is 0 Å². The minimum absolute atomic E-state index is 1.06. The van der Waals surface area contributed by atoms with Crippen molar-refractivity contribution in [2.75, 3.05) is 4.90 Å². The maximum absolute atomic E-state index is 2.52. The lowest BCUT2D eigenvalue weighted by Crippen LogP contribution is -2.14. The van der Waals surface area contributed by atoms with Gasteiger partial charge in [-0.25, -0.2) is 0 Å². The van der Waals surface area contributed by atoms with Crippen LogP contribution in [0.1, 0.15) is 0 Å². The average Bonchev–Trinajstić information content (AvgIpc) is 3.44. The first-order chi connectivity index (χ1) is 34.3. The van der Waals surface area contributed by atoms with Crippen molar-refractivity contribution in [3.63, 3.8) is 0 Å². The molecule has 12 rings (SSSR count). The van der Waals surface area contributed by atoms with E-state index in [1.54, 1.807) is 0 Å². The molecule has 1 nitrogen and oxygen atoms in total. The Balaban J connectivity index is 1.14. The quantitative estimate of drug-likeness (QED) is 0.124. The minimum Gasteiger partial charge on any atom is -0.309 e. The fraction of sp³-hybridized carbons (Fsp3) is 0. The summed E-state index contributed by atoms with van der Waals surface area (Å²) in [4.78, 5) is 2.52. The number of rotatable bonds is 10. The first-order valence-electron chi connectivity index (χ1n) is 23.8. The van der Waals surface area contributed by atoms with E-state index in [4.69, 9.17) is 0 Å². The maximum Gasteiger partial charge on any atom is 0.0618 e. The second-order valence-corrected chi connectivity index (χ2v) is 17.6. The fourth-order valence-electron chi connectivity index (χ4n) is 10.3. The molecule has 0 radical (unpaired) electrons. The average molecular weight is 878 g/mol. The van der Waals surface area contributed by atoms with Crippen LogP contribution in [0.25, 0.3) is 99.4 Å². The van der Waals surface area contributed by atoms with Gasteiger partial charge in [-0.1, -0.05) is 255 Å². The zero-order valence-electron chi connectivity index (χ0n) is 38.1. The summed E-state index contributed by atoms with van der Waals surface area (Å²) in [5, 5.41) is 4.96. The highest BCUT2D eigenvalue weighted by atomic mass is 15.2. The Morgan fingerprint density at radius 1 is 0.203 bits per heavy atom. The molecule has 0 N–H and O–H groups in total. The van der Waals surface area contributed by atoms with Gasteiger partial charge in [0.1, 0.15) is 0 Å². The normalized spacial score (nSPS) is 11.2. The molecule has 0 saturated heterocycles. The molecule has 0 atom stereocenters.